The fraction of sp³-hybridized carbons (Fsp3) is 0.596. The molecule has 38 heteroatoms. The van der Waals surface area contributed by atoms with Crippen LogP contribution in [0.3, 0.4) is 0 Å². The summed E-state index contributed by atoms with van der Waals surface area (Å²) in [5, 5.41) is 16.5. The summed E-state index contributed by atoms with van der Waals surface area (Å²) in [5.74, 6) is -1.62. The van der Waals surface area contributed by atoms with Gasteiger partial charge in [-0.05, 0) is 232 Å². The van der Waals surface area contributed by atoms with Gasteiger partial charge in [0.1, 0.15) is 28.5 Å². The molecule has 12 atom stereocenters. The van der Waals surface area contributed by atoms with E-state index >= 15 is 0 Å². The minimum atomic E-state index is -4.54. The maximum atomic E-state index is 15.0. The normalized spacial score (nSPS) is 24.8. The fourth-order valence-electron chi connectivity index (χ4n) is 22.4. The Morgan fingerprint density at radius 1 is 0.388 bits per heavy atom. The van der Waals surface area contributed by atoms with Gasteiger partial charge in [0, 0.05) is 172 Å². The van der Waals surface area contributed by atoms with Crippen LogP contribution in [0.2, 0.25) is 0 Å². The number of carbonyl (C=O) groups excluding carboxylic acids is 7. The number of halogens is 9. The molecule has 9 heterocycles. The van der Waals surface area contributed by atoms with Crippen LogP contribution in [-0.2, 0) is 85.2 Å². The van der Waals surface area contributed by atoms with Crippen LogP contribution in [0.5, 0.6) is 17.2 Å². The van der Waals surface area contributed by atoms with Crippen molar-refractivity contribution in [2.75, 3.05) is 197 Å². The Hall–Kier alpha value is -11.4. The maximum absolute atomic E-state index is 15.0. The molecule has 0 bridgehead atoms. The number of ether oxygens (including phenoxy) is 11. The summed E-state index contributed by atoms with van der Waals surface area (Å²) in [7, 11) is 13.6. The first-order valence-corrected chi connectivity index (χ1v) is 50.1. The Kier molecular flexibility index (Phi) is 37.4. The molecular weight excluding hydrogens is 1930 g/mol. The van der Waals surface area contributed by atoms with E-state index in [2.05, 4.69) is 10.6 Å². The molecule has 0 spiro atoms. The molecule has 1 unspecified atom stereocenters. The van der Waals surface area contributed by atoms with Crippen LogP contribution in [0, 0.1) is 34.0 Å². The van der Waals surface area contributed by atoms with E-state index in [0.717, 1.165) is 57.7 Å². The fourth-order valence-corrected chi connectivity index (χ4v) is 22.4. The summed E-state index contributed by atoms with van der Waals surface area (Å²) in [6.07, 6.45) is -9.43. The summed E-state index contributed by atoms with van der Waals surface area (Å²) in [4.78, 5) is 116. The lowest BCUT2D eigenvalue weighted by molar-refractivity contribution is -0.148. The van der Waals surface area contributed by atoms with Gasteiger partial charge >= 0.3 is 54.6 Å². The number of amides is 4. The van der Waals surface area contributed by atoms with Gasteiger partial charge in [-0.15, -0.1) is 0 Å². The van der Waals surface area contributed by atoms with E-state index in [1.165, 1.54) is 56.6 Å². The molecule has 9 aliphatic heterocycles. The zero-order valence-corrected chi connectivity index (χ0v) is 87.4. The first-order chi connectivity index (χ1) is 69.4. The third-order valence-electron chi connectivity index (χ3n) is 30.5. The van der Waals surface area contributed by atoms with E-state index in [1.54, 1.807) is 125 Å². The zero-order valence-electron chi connectivity index (χ0n) is 87.4. The number of likely N-dealkylation sites (tertiary alicyclic amines) is 4. The number of hydrogen-bond acceptors (Lipinski definition) is 24. The molecule has 15 rings (SSSR count). The highest BCUT2D eigenvalue weighted by molar-refractivity contribution is 5.88. The number of alkyl halides is 9. The van der Waals surface area contributed by atoms with Crippen LogP contribution >= 0.6 is 0 Å². The van der Waals surface area contributed by atoms with Crippen molar-refractivity contribution < 1.29 is 135 Å². The molecule has 29 nitrogen and oxygen atoms in total. The van der Waals surface area contributed by atoms with Gasteiger partial charge in [0.2, 0.25) is 11.8 Å². The van der Waals surface area contributed by atoms with Gasteiger partial charge in [0.25, 0.3) is 0 Å². The largest absolute Gasteiger partial charge is 0.497 e. The first-order valence-electron chi connectivity index (χ1n) is 50.1. The summed E-state index contributed by atoms with van der Waals surface area (Å²) >= 11 is 0. The van der Waals surface area contributed by atoms with Crippen LogP contribution in [0.4, 0.5) is 66.2 Å². The quantitative estimate of drug-likeness (QED) is 0.0288. The molecule has 147 heavy (non-hydrogen) atoms. The Bertz CT molecular complexity index is 5490. The Morgan fingerprint density at radius 2 is 0.707 bits per heavy atom. The summed E-state index contributed by atoms with van der Waals surface area (Å²) in [5.41, 5.74) is 0.550. The van der Waals surface area contributed by atoms with Gasteiger partial charge in [-0.2, -0.15) is 39.5 Å². The van der Waals surface area contributed by atoms with Crippen LogP contribution < -0.4 is 39.5 Å². The van der Waals surface area contributed by atoms with Gasteiger partial charge < -0.3 is 102 Å². The molecule has 808 valence electrons. The number of benzene rings is 6. The highest BCUT2D eigenvalue weighted by Gasteiger charge is 2.57. The Balaban J connectivity index is 0.000000182. The number of hydrogen-bond donors (Lipinski definition) is 3. The van der Waals surface area contributed by atoms with Gasteiger partial charge in [0.15, 0.2) is 0 Å². The number of anilines is 3. The van der Waals surface area contributed by atoms with Crippen molar-refractivity contribution in [1.29, 1.82) is 0 Å². The molecule has 0 aliphatic carbocycles. The molecule has 4 amide bonds. The molecule has 6 aromatic carbocycles. The van der Waals surface area contributed by atoms with Gasteiger partial charge in [-0.1, -0.05) is 54.6 Å². The smallest absolute Gasteiger partial charge is 0.416 e. The van der Waals surface area contributed by atoms with Crippen molar-refractivity contribution in [2.45, 2.75) is 203 Å². The third kappa shape index (κ3) is 27.3. The number of piperidine rings is 3. The Labute approximate surface area is 855 Å². The zero-order chi connectivity index (χ0) is 107. The van der Waals surface area contributed by atoms with E-state index in [9.17, 15) is 83.0 Å². The van der Waals surface area contributed by atoms with Gasteiger partial charge in [-0.25, -0.2) is 9.59 Å². The molecule has 9 saturated heterocycles. The second-order valence-corrected chi connectivity index (χ2v) is 42.5. The number of nitrogens with one attached hydrogen (secondary N) is 2. The van der Waals surface area contributed by atoms with Crippen molar-refractivity contribution >= 4 is 64.9 Å². The second-order valence-electron chi connectivity index (χ2n) is 42.5. The second kappa shape index (κ2) is 48.1. The van der Waals surface area contributed by atoms with Crippen molar-refractivity contribution in [3.05, 3.63) is 177 Å². The van der Waals surface area contributed by atoms with E-state index in [1.807, 2.05) is 94.1 Å². The monoisotopic (exact) mass is 2070 g/mol. The number of carboxylic acids is 1. The van der Waals surface area contributed by atoms with Gasteiger partial charge in [-0.3, -0.25) is 28.8 Å². The number of carboxylic acid groups (broad SMARTS) is 1. The third-order valence-corrected chi connectivity index (χ3v) is 30.5. The number of nitrogens with zero attached hydrogens (tertiary/aromatic N) is 7. The number of methoxy groups -OCH3 is 9. The topological polar surface area (TPSA) is 305 Å². The van der Waals surface area contributed by atoms with Crippen LogP contribution in [0.1, 0.15) is 206 Å². The number of esters is 3. The van der Waals surface area contributed by atoms with Crippen molar-refractivity contribution in [2.24, 2.45) is 34.0 Å². The van der Waals surface area contributed by atoms with Crippen LogP contribution in [-0.4, -0.2) is 284 Å². The number of carbonyl (C=O) groups is 8. The van der Waals surface area contributed by atoms with E-state index in [-0.39, 0.29) is 134 Å². The average molecular weight is 2070 g/mol. The van der Waals surface area contributed by atoms with E-state index < -0.39 is 80.8 Å². The molecule has 9 aliphatic rings. The standard InChI is InChI=1S/C38H50F3N3O7.C33H42F3N3O5.C20H27F3N2O3.C18H25NO5/c1-36(2,3)51-35(47)43-21-31(24-8-11-29(49-6)12-9-24)37(4,23-43)34(46)44-20-26(18-28(44)22-48-5)30-13-10-27(38(39,40)41)19-32(30)42-16-14-25(15-17-42)33(45)50-7;1-32(20-37-17-28(32)21-5-8-26(43-3)9-6-21)31(41)39-18-23(15-25(39)19-42-2)27-10-7-24(33(34,35)36)16-29(27)38-13-11-22(12-14-38)30(40)44-4;1-27-12-16-9-14(11-24-16)17-4-3-15(20(21,22)23)10-18(17)25-7-5-13(6-8-25)19(26)28-2;1-17(2,3)24-16(22)19-10-14(18(4,11-19)15(20)21)12-6-8-13(23-5)9-7-12/h8-13,19,25-26,28,31H,14-18,20-23H2,1-7H3;5-10,16,22-23,25,28,37H,11-15,17-20H2,1-4H3;3-4,10,13-14,16,24H,5-9,11-12H2,1-2H3;6-9,14H,10-11H2,1-5H3,(H,20,21)/t26-,28+,31+,37-;23-,25+,28+,32-;14-,16+;14?,18-/m1111/s1. The molecule has 0 aromatic heterocycles. The van der Waals surface area contributed by atoms with Crippen molar-refractivity contribution in [3.8, 4) is 17.2 Å². The molecular formula is C109H144F9N9O20. The molecule has 6 aromatic rings. The molecule has 0 radical (unpaired) electrons. The van der Waals surface area contributed by atoms with Crippen molar-refractivity contribution in [3.63, 3.8) is 0 Å². The van der Waals surface area contributed by atoms with E-state index in [4.69, 9.17) is 52.1 Å². The number of aliphatic carboxylic acids is 1. The molecule has 0 saturated carbocycles. The minimum Gasteiger partial charge on any atom is -0.497 e. The van der Waals surface area contributed by atoms with Gasteiger partial charge in [0.05, 0.1) is 125 Å². The first kappa shape index (κ1) is 114. The SMILES string of the molecule is COC[C@@H]1C[C@@H](c2ccc(C(F)(F)F)cc2N2CCC(C(=O)OC)CC2)CN1.COC[C@@H]1C[C@@H](c2ccc(C(F)(F)F)cc2N2CCC(C(=O)OC)CC2)CN1C(=O)[C@]1(C)CN(C(=O)OC(C)(C)C)C[C@H]1c1ccc(OC)cc1.COC[C@@H]1C[C@@H](c2ccc(C(F)(F)F)cc2N2CCC(C(=O)OC)CC2)CN1C(=O)[C@]1(C)CNC[C@H]1c1ccc(OC)cc1.COc1ccc(C2CN(C(=O)OC(C)(C)C)C[C@@]2(C)C(=O)O)cc1. The highest BCUT2D eigenvalue weighted by atomic mass is 19.4. The predicted molar refractivity (Wildman–Crippen MR) is 533 cm³/mol. The van der Waals surface area contributed by atoms with E-state index in [0.29, 0.717) is 165 Å². The van der Waals surface area contributed by atoms with Crippen LogP contribution in [0.15, 0.2) is 127 Å². The lowest BCUT2D eigenvalue weighted by Crippen LogP contribution is -2.49. The van der Waals surface area contributed by atoms with Crippen LogP contribution in [0.25, 0.3) is 0 Å². The minimum absolute atomic E-state index is 0.0141. The van der Waals surface area contributed by atoms with Crippen molar-refractivity contribution in [1.82, 2.24) is 30.2 Å². The Morgan fingerprint density at radius 3 is 1.02 bits per heavy atom. The molecule has 9 fully saturated rings. The number of rotatable bonds is 24. The predicted octanol–water partition coefficient (Wildman–Crippen LogP) is 17.6. The summed E-state index contributed by atoms with van der Waals surface area (Å²) in [6, 6.07) is 34.0. The lowest BCUT2D eigenvalue weighted by atomic mass is 9.74. The highest BCUT2D eigenvalue weighted by Crippen LogP contribution is 2.53. The lowest BCUT2D eigenvalue weighted by Gasteiger charge is -2.36. The summed E-state index contributed by atoms with van der Waals surface area (Å²) < 4.78 is 181. The maximum Gasteiger partial charge on any atom is 0.416 e. The summed E-state index contributed by atoms with van der Waals surface area (Å²) in [6.45, 7) is 23.6. The average Bonchev–Trinajstić information content (AvgIpc) is 1.58. The molecule has 3 N–H and O–H groups in total.